The zero-order valence-corrected chi connectivity index (χ0v) is 16.1. The van der Waals surface area contributed by atoms with Crippen molar-refractivity contribution < 1.29 is 8.78 Å². The molecule has 2 aromatic carbocycles. The van der Waals surface area contributed by atoms with Crippen molar-refractivity contribution >= 4 is 40.0 Å². The maximum Gasteiger partial charge on any atom is 0.184 e. The van der Waals surface area contributed by atoms with Crippen molar-refractivity contribution in [3.05, 3.63) is 70.4 Å². The van der Waals surface area contributed by atoms with E-state index in [1.54, 1.807) is 30.0 Å². The van der Waals surface area contributed by atoms with Crippen LogP contribution in [0, 0.1) is 17.0 Å². The minimum atomic E-state index is -0.979. The summed E-state index contributed by atoms with van der Waals surface area (Å²) in [5.41, 5.74) is 1.39. The summed E-state index contributed by atoms with van der Waals surface area (Å²) in [5.74, 6) is -1.92. The van der Waals surface area contributed by atoms with Crippen molar-refractivity contribution in [2.75, 3.05) is 0 Å². The SMILES string of the molecule is CC(C)(C)Sc1c(Cl)cccc1C(=N)c1cnc2c(F)c(F)ccc2c1. The van der Waals surface area contributed by atoms with Gasteiger partial charge >= 0.3 is 0 Å². The zero-order chi connectivity index (χ0) is 19.1. The van der Waals surface area contributed by atoms with Crippen molar-refractivity contribution in [2.45, 2.75) is 30.4 Å². The van der Waals surface area contributed by atoms with Gasteiger partial charge in [-0.2, -0.15) is 0 Å². The van der Waals surface area contributed by atoms with Gasteiger partial charge in [-0.3, -0.25) is 10.4 Å². The smallest absolute Gasteiger partial charge is 0.184 e. The normalized spacial score (nSPS) is 11.8. The number of benzene rings is 2. The molecule has 3 aromatic rings. The molecule has 0 unspecified atom stereocenters. The molecule has 0 radical (unpaired) electrons. The maximum atomic E-state index is 13.8. The van der Waals surface area contributed by atoms with E-state index in [1.165, 1.54) is 12.3 Å². The van der Waals surface area contributed by atoms with Crippen molar-refractivity contribution in [3.63, 3.8) is 0 Å². The molecule has 0 aliphatic heterocycles. The van der Waals surface area contributed by atoms with E-state index < -0.39 is 11.6 Å². The Kier molecular flexibility index (Phi) is 5.04. The van der Waals surface area contributed by atoms with Gasteiger partial charge in [-0.05, 0) is 24.3 Å². The molecule has 26 heavy (non-hydrogen) atoms. The number of fused-ring (bicyclic) bond motifs is 1. The standard InChI is InChI=1S/C20H17ClF2N2S/c1-20(2,3)26-19-13(5-4-6-14(19)21)17(24)12-9-11-7-8-15(22)16(23)18(11)25-10-12/h4-10,24H,1-3H3. The average molecular weight is 391 g/mol. The van der Waals surface area contributed by atoms with Gasteiger partial charge in [-0.15, -0.1) is 11.8 Å². The summed E-state index contributed by atoms with van der Waals surface area (Å²) in [6.07, 6.45) is 1.39. The molecule has 0 amide bonds. The summed E-state index contributed by atoms with van der Waals surface area (Å²) >= 11 is 7.96. The first kappa shape index (κ1) is 18.8. The molecule has 6 heteroatoms. The Morgan fingerprint density at radius 3 is 2.58 bits per heavy atom. The largest absolute Gasteiger partial charge is 0.300 e. The predicted molar refractivity (Wildman–Crippen MR) is 105 cm³/mol. The molecule has 134 valence electrons. The third kappa shape index (κ3) is 3.74. The molecule has 0 saturated carbocycles. The van der Waals surface area contributed by atoms with Crippen LogP contribution in [0.25, 0.3) is 10.9 Å². The molecule has 3 rings (SSSR count). The lowest BCUT2D eigenvalue weighted by molar-refractivity contribution is 0.515. The number of aromatic nitrogens is 1. The van der Waals surface area contributed by atoms with Crippen molar-refractivity contribution in [3.8, 4) is 0 Å². The number of rotatable bonds is 3. The molecule has 1 heterocycles. The van der Waals surface area contributed by atoms with Gasteiger partial charge in [0.25, 0.3) is 0 Å². The van der Waals surface area contributed by atoms with E-state index in [4.69, 9.17) is 17.0 Å². The topological polar surface area (TPSA) is 36.7 Å². The quantitative estimate of drug-likeness (QED) is 0.410. The molecule has 1 N–H and O–H groups in total. The Hall–Kier alpha value is -1.98. The number of nitrogens with zero attached hydrogens (tertiary/aromatic N) is 1. The van der Waals surface area contributed by atoms with Gasteiger partial charge in [0, 0.05) is 32.4 Å². The van der Waals surface area contributed by atoms with Gasteiger partial charge in [0.15, 0.2) is 11.6 Å². The van der Waals surface area contributed by atoms with Crippen LogP contribution in [0.3, 0.4) is 0 Å². The molecule has 0 aliphatic carbocycles. The van der Waals surface area contributed by atoms with Gasteiger partial charge in [0.1, 0.15) is 5.52 Å². The van der Waals surface area contributed by atoms with Gasteiger partial charge in [0.05, 0.1) is 10.7 Å². The Morgan fingerprint density at radius 1 is 1.15 bits per heavy atom. The third-order valence-corrected chi connectivity index (χ3v) is 5.36. The van der Waals surface area contributed by atoms with Crippen LogP contribution in [0.15, 0.2) is 47.5 Å². The minimum absolute atomic E-state index is 0.0445. The zero-order valence-electron chi connectivity index (χ0n) is 14.5. The van der Waals surface area contributed by atoms with Crippen LogP contribution in [-0.2, 0) is 0 Å². The maximum absolute atomic E-state index is 13.8. The van der Waals surface area contributed by atoms with Crippen molar-refractivity contribution in [2.24, 2.45) is 0 Å². The third-order valence-electron chi connectivity index (χ3n) is 3.68. The summed E-state index contributed by atoms with van der Waals surface area (Å²) in [6, 6.07) is 9.58. The molecule has 1 aromatic heterocycles. The molecular weight excluding hydrogens is 374 g/mol. The highest BCUT2D eigenvalue weighted by atomic mass is 35.5. The minimum Gasteiger partial charge on any atom is -0.300 e. The molecule has 0 aliphatic rings. The van der Waals surface area contributed by atoms with Crippen LogP contribution in [0.4, 0.5) is 8.78 Å². The van der Waals surface area contributed by atoms with Crippen molar-refractivity contribution in [1.29, 1.82) is 5.41 Å². The predicted octanol–water partition coefficient (Wildman–Crippen LogP) is 6.47. The Labute approximate surface area is 160 Å². The molecule has 0 saturated heterocycles. The summed E-state index contributed by atoms with van der Waals surface area (Å²) < 4.78 is 27.1. The number of pyridine rings is 1. The van der Waals surface area contributed by atoms with E-state index in [9.17, 15) is 8.78 Å². The number of nitrogens with one attached hydrogen (secondary N) is 1. The summed E-state index contributed by atoms with van der Waals surface area (Å²) in [5, 5.41) is 9.63. The highest BCUT2D eigenvalue weighted by molar-refractivity contribution is 8.00. The number of hydrogen-bond acceptors (Lipinski definition) is 3. The molecule has 2 nitrogen and oxygen atoms in total. The van der Waals surface area contributed by atoms with Crippen LogP contribution >= 0.6 is 23.4 Å². The Morgan fingerprint density at radius 2 is 1.88 bits per heavy atom. The monoisotopic (exact) mass is 390 g/mol. The average Bonchev–Trinajstić information content (AvgIpc) is 2.58. The summed E-state index contributed by atoms with van der Waals surface area (Å²) in [6.45, 7) is 6.22. The second-order valence-corrected chi connectivity index (χ2v) is 9.11. The fourth-order valence-electron chi connectivity index (χ4n) is 2.55. The van der Waals surface area contributed by atoms with Gasteiger partial charge in [-0.1, -0.05) is 44.5 Å². The van der Waals surface area contributed by atoms with E-state index in [-0.39, 0.29) is 16.0 Å². The van der Waals surface area contributed by atoms with Crippen LogP contribution in [0.5, 0.6) is 0 Å². The number of thioether (sulfide) groups is 1. The first-order valence-electron chi connectivity index (χ1n) is 7.98. The highest BCUT2D eigenvalue weighted by Gasteiger charge is 2.20. The number of hydrogen-bond donors (Lipinski definition) is 1. The second-order valence-electron chi connectivity index (χ2n) is 6.86. The van der Waals surface area contributed by atoms with Crippen LogP contribution < -0.4 is 0 Å². The number of halogens is 3. The van der Waals surface area contributed by atoms with E-state index in [1.807, 2.05) is 6.07 Å². The summed E-state index contributed by atoms with van der Waals surface area (Å²) in [7, 11) is 0. The van der Waals surface area contributed by atoms with E-state index >= 15 is 0 Å². The molecule has 0 bridgehead atoms. The van der Waals surface area contributed by atoms with Crippen LogP contribution in [0.1, 0.15) is 31.9 Å². The highest BCUT2D eigenvalue weighted by Crippen LogP contribution is 2.39. The fraction of sp³-hybridized carbons (Fsp3) is 0.200. The lowest BCUT2D eigenvalue weighted by Gasteiger charge is -2.21. The first-order chi connectivity index (χ1) is 12.2. The molecule has 0 atom stereocenters. The molecular formula is C20H17ClF2N2S. The first-order valence-corrected chi connectivity index (χ1v) is 9.17. The van der Waals surface area contributed by atoms with Gasteiger partial charge in [0.2, 0.25) is 0 Å². The second kappa shape index (κ2) is 6.97. The Balaban J connectivity index is 2.09. The van der Waals surface area contributed by atoms with Gasteiger partial charge in [-0.25, -0.2) is 8.78 Å². The lowest BCUT2D eigenvalue weighted by Crippen LogP contribution is -2.11. The summed E-state index contributed by atoms with van der Waals surface area (Å²) in [4.78, 5) is 4.84. The fourth-order valence-corrected chi connectivity index (χ4v) is 3.90. The molecule has 0 fully saturated rings. The van der Waals surface area contributed by atoms with Crippen molar-refractivity contribution in [1.82, 2.24) is 4.98 Å². The van der Waals surface area contributed by atoms with E-state index in [2.05, 4.69) is 25.8 Å². The van der Waals surface area contributed by atoms with Crippen LogP contribution in [0.2, 0.25) is 5.02 Å². The molecule has 0 spiro atoms. The Bertz CT molecular complexity index is 1010. The van der Waals surface area contributed by atoms with Gasteiger partial charge < -0.3 is 0 Å². The van der Waals surface area contributed by atoms with E-state index in [0.29, 0.717) is 21.5 Å². The van der Waals surface area contributed by atoms with Crippen LogP contribution in [-0.4, -0.2) is 15.4 Å². The van der Waals surface area contributed by atoms with E-state index in [0.717, 1.165) is 11.0 Å². The lowest BCUT2D eigenvalue weighted by atomic mass is 10.0.